The van der Waals surface area contributed by atoms with E-state index in [1.54, 1.807) is 6.07 Å². The first-order chi connectivity index (χ1) is 13.0. The number of carbonyl (C=O) groups is 2. The van der Waals surface area contributed by atoms with Crippen molar-refractivity contribution in [2.24, 2.45) is 5.92 Å². The summed E-state index contributed by atoms with van der Waals surface area (Å²) in [6, 6.07) is 10.1. The van der Waals surface area contributed by atoms with E-state index in [0.717, 1.165) is 29.3 Å². The second-order valence-electron chi connectivity index (χ2n) is 7.51. The van der Waals surface area contributed by atoms with Crippen LogP contribution in [0.1, 0.15) is 46.9 Å². The molecule has 2 amide bonds. The molecule has 142 valence electrons. The number of carbonyl (C=O) groups excluding carboxylic acids is 2. The van der Waals surface area contributed by atoms with E-state index in [-0.39, 0.29) is 23.8 Å². The van der Waals surface area contributed by atoms with E-state index in [2.05, 4.69) is 33.4 Å². The third kappa shape index (κ3) is 3.95. The van der Waals surface area contributed by atoms with Crippen molar-refractivity contribution in [1.29, 1.82) is 0 Å². The maximum atomic E-state index is 12.8. The van der Waals surface area contributed by atoms with Gasteiger partial charge in [-0.2, -0.15) is 0 Å². The summed E-state index contributed by atoms with van der Waals surface area (Å²) in [7, 11) is 0. The molecule has 1 saturated carbocycles. The number of nitrogens with zero attached hydrogens (tertiary/aromatic N) is 1. The third-order valence-corrected chi connectivity index (χ3v) is 6.14. The van der Waals surface area contributed by atoms with Gasteiger partial charge in [-0.05, 0) is 55.9 Å². The van der Waals surface area contributed by atoms with E-state index in [9.17, 15) is 9.59 Å². The van der Waals surface area contributed by atoms with E-state index in [1.165, 1.54) is 11.8 Å². The van der Waals surface area contributed by atoms with E-state index < -0.39 is 0 Å². The average molecular weight is 431 g/mol. The molecule has 0 spiro atoms. The number of amides is 2. The van der Waals surface area contributed by atoms with Gasteiger partial charge in [0, 0.05) is 35.1 Å². The van der Waals surface area contributed by atoms with Gasteiger partial charge in [-0.3, -0.25) is 9.59 Å². The lowest BCUT2D eigenvalue weighted by atomic mass is 10.0. The SMILES string of the molecule is Cc1ccoc1C(=O)NC1CCN(C(=O)C2CC2c2ccc(Br)cc2)CC1. The fourth-order valence-electron chi connectivity index (χ4n) is 3.88. The standard InChI is InChI=1S/C21H23BrN2O3/c1-13-8-11-27-19(13)20(25)23-16-6-9-24(10-7-16)21(26)18-12-17(18)14-2-4-15(22)5-3-14/h2-5,8,11,16-18H,6-7,9-10,12H2,1H3,(H,23,25). The molecule has 2 atom stereocenters. The largest absolute Gasteiger partial charge is 0.459 e. The predicted octanol–water partition coefficient (Wildman–Crippen LogP) is 3.88. The van der Waals surface area contributed by atoms with Gasteiger partial charge in [-0.25, -0.2) is 0 Å². The highest BCUT2D eigenvalue weighted by molar-refractivity contribution is 9.10. The molecule has 1 saturated heterocycles. The van der Waals surface area contributed by atoms with Gasteiger partial charge < -0.3 is 14.6 Å². The van der Waals surface area contributed by atoms with Crippen LogP contribution in [0.25, 0.3) is 0 Å². The molecule has 6 heteroatoms. The quantitative estimate of drug-likeness (QED) is 0.800. The van der Waals surface area contributed by atoms with E-state index in [1.807, 2.05) is 24.0 Å². The second-order valence-corrected chi connectivity index (χ2v) is 8.42. The summed E-state index contributed by atoms with van der Waals surface area (Å²) in [5.41, 5.74) is 2.08. The summed E-state index contributed by atoms with van der Waals surface area (Å²) >= 11 is 3.45. The van der Waals surface area contributed by atoms with Crippen LogP contribution in [0.15, 0.2) is 45.5 Å². The Morgan fingerprint density at radius 3 is 2.48 bits per heavy atom. The molecular weight excluding hydrogens is 408 g/mol. The molecule has 4 rings (SSSR count). The van der Waals surface area contributed by atoms with Crippen molar-refractivity contribution >= 4 is 27.7 Å². The van der Waals surface area contributed by atoms with Crippen molar-refractivity contribution in [3.8, 4) is 0 Å². The van der Waals surface area contributed by atoms with Crippen molar-refractivity contribution in [1.82, 2.24) is 10.2 Å². The zero-order valence-corrected chi connectivity index (χ0v) is 16.9. The third-order valence-electron chi connectivity index (χ3n) is 5.62. The van der Waals surface area contributed by atoms with Crippen LogP contribution in [-0.2, 0) is 4.79 Å². The Hall–Kier alpha value is -2.08. The predicted molar refractivity (Wildman–Crippen MR) is 106 cm³/mol. The number of halogens is 1. The van der Waals surface area contributed by atoms with Crippen molar-refractivity contribution in [2.75, 3.05) is 13.1 Å². The van der Waals surface area contributed by atoms with Crippen LogP contribution in [-0.4, -0.2) is 35.8 Å². The van der Waals surface area contributed by atoms with Gasteiger partial charge in [-0.1, -0.05) is 28.1 Å². The van der Waals surface area contributed by atoms with Crippen molar-refractivity contribution in [2.45, 2.75) is 38.1 Å². The summed E-state index contributed by atoms with van der Waals surface area (Å²) in [6.45, 7) is 3.26. The number of likely N-dealkylation sites (tertiary alicyclic amines) is 1. The van der Waals surface area contributed by atoms with Crippen LogP contribution < -0.4 is 5.32 Å². The van der Waals surface area contributed by atoms with Crippen LogP contribution in [0.3, 0.4) is 0 Å². The number of nitrogens with one attached hydrogen (secondary N) is 1. The number of benzene rings is 1. The number of hydrogen-bond donors (Lipinski definition) is 1. The molecule has 2 aliphatic rings. The van der Waals surface area contributed by atoms with Crippen molar-refractivity contribution in [3.05, 3.63) is 58.0 Å². The van der Waals surface area contributed by atoms with E-state index >= 15 is 0 Å². The topological polar surface area (TPSA) is 62.6 Å². The molecule has 1 aliphatic heterocycles. The Labute approximate surface area is 167 Å². The van der Waals surface area contributed by atoms with Gasteiger partial charge in [0.2, 0.25) is 5.91 Å². The normalized spacial score (nSPS) is 22.5. The minimum Gasteiger partial charge on any atom is -0.459 e. The second kappa shape index (κ2) is 7.50. The van der Waals surface area contributed by atoms with Gasteiger partial charge in [0.25, 0.3) is 5.91 Å². The molecule has 2 unspecified atom stereocenters. The Kier molecular flexibility index (Phi) is 5.08. The molecule has 2 fully saturated rings. The monoisotopic (exact) mass is 430 g/mol. The Morgan fingerprint density at radius 2 is 1.85 bits per heavy atom. The first-order valence-corrected chi connectivity index (χ1v) is 10.2. The van der Waals surface area contributed by atoms with Crippen LogP contribution in [0.5, 0.6) is 0 Å². The summed E-state index contributed by atoms with van der Waals surface area (Å²) in [4.78, 5) is 27.0. The van der Waals surface area contributed by atoms with Crippen LogP contribution in [0.2, 0.25) is 0 Å². The minimum atomic E-state index is -0.167. The summed E-state index contributed by atoms with van der Waals surface area (Å²) in [6.07, 6.45) is 4.04. The van der Waals surface area contributed by atoms with Crippen LogP contribution >= 0.6 is 15.9 Å². The zero-order valence-electron chi connectivity index (χ0n) is 15.3. The molecule has 1 aromatic carbocycles. The molecule has 2 aromatic rings. The smallest absolute Gasteiger partial charge is 0.287 e. The number of aryl methyl sites for hydroxylation is 1. The lowest BCUT2D eigenvalue weighted by Gasteiger charge is -2.32. The Balaban J connectivity index is 1.27. The van der Waals surface area contributed by atoms with Gasteiger partial charge in [-0.15, -0.1) is 0 Å². The molecule has 0 radical (unpaired) electrons. The summed E-state index contributed by atoms with van der Waals surface area (Å²) in [5, 5.41) is 3.03. The molecule has 0 bridgehead atoms. The highest BCUT2D eigenvalue weighted by atomic mass is 79.9. The lowest BCUT2D eigenvalue weighted by molar-refractivity contribution is -0.133. The molecule has 1 aliphatic carbocycles. The fourth-order valence-corrected chi connectivity index (χ4v) is 4.15. The first-order valence-electron chi connectivity index (χ1n) is 9.42. The van der Waals surface area contributed by atoms with Gasteiger partial charge in [0.1, 0.15) is 0 Å². The minimum absolute atomic E-state index is 0.0903. The van der Waals surface area contributed by atoms with Crippen molar-refractivity contribution in [3.63, 3.8) is 0 Å². The summed E-state index contributed by atoms with van der Waals surface area (Å²) in [5.74, 6) is 0.936. The number of piperidine rings is 1. The van der Waals surface area contributed by atoms with E-state index in [0.29, 0.717) is 24.8 Å². The summed E-state index contributed by atoms with van der Waals surface area (Å²) < 4.78 is 6.31. The van der Waals surface area contributed by atoms with Gasteiger partial charge in [0.05, 0.1) is 6.26 Å². The van der Waals surface area contributed by atoms with E-state index in [4.69, 9.17) is 4.42 Å². The van der Waals surface area contributed by atoms with Gasteiger partial charge >= 0.3 is 0 Å². The molecule has 27 heavy (non-hydrogen) atoms. The van der Waals surface area contributed by atoms with Crippen LogP contribution in [0.4, 0.5) is 0 Å². The highest BCUT2D eigenvalue weighted by Crippen LogP contribution is 2.48. The molecule has 5 nitrogen and oxygen atoms in total. The maximum Gasteiger partial charge on any atom is 0.287 e. The molecule has 1 N–H and O–H groups in total. The number of furan rings is 1. The van der Waals surface area contributed by atoms with Crippen molar-refractivity contribution < 1.29 is 14.0 Å². The highest BCUT2D eigenvalue weighted by Gasteiger charge is 2.46. The molecular formula is C21H23BrN2O3. The Morgan fingerprint density at radius 1 is 1.15 bits per heavy atom. The molecule has 1 aromatic heterocycles. The molecule has 2 heterocycles. The Bertz CT molecular complexity index is 837. The number of hydrogen-bond acceptors (Lipinski definition) is 3. The van der Waals surface area contributed by atoms with Crippen LogP contribution in [0, 0.1) is 12.8 Å². The first kappa shape index (κ1) is 18.3. The lowest BCUT2D eigenvalue weighted by Crippen LogP contribution is -2.47. The average Bonchev–Trinajstić information content (AvgIpc) is 3.35. The zero-order chi connectivity index (χ0) is 19.0. The number of rotatable bonds is 4. The maximum absolute atomic E-state index is 12.8. The van der Waals surface area contributed by atoms with Gasteiger partial charge in [0.15, 0.2) is 5.76 Å². The fraction of sp³-hybridized carbons (Fsp3) is 0.429.